The van der Waals surface area contributed by atoms with Crippen LogP contribution in [0.15, 0.2) is 39.5 Å². The molecule has 0 amide bonds. The maximum Gasteiger partial charge on any atom is 0.354 e. The molecule has 1 aromatic carbocycles. The van der Waals surface area contributed by atoms with Crippen molar-refractivity contribution in [3.63, 3.8) is 0 Å². The molecule has 0 radical (unpaired) electrons. The number of esters is 1. The van der Waals surface area contributed by atoms with Gasteiger partial charge in [-0.2, -0.15) is 5.26 Å². The van der Waals surface area contributed by atoms with Crippen molar-refractivity contribution in [2.45, 2.75) is 6.42 Å². The lowest BCUT2D eigenvalue weighted by Crippen LogP contribution is -2.13. The Morgan fingerprint density at radius 3 is 2.50 bits per heavy atom. The van der Waals surface area contributed by atoms with E-state index in [0.717, 1.165) is 0 Å². The van der Waals surface area contributed by atoms with Gasteiger partial charge in [0.25, 0.3) is 0 Å². The summed E-state index contributed by atoms with van der Waals surface area (Å²) in [5, 5.41) is 9.04. The lowest BCUT2D eigenvalue weighted by molar-refractivity contribution is -0.139. The minimum atomic E-state index is -0.783. The molecule has 6 nitrogen and oxygen atoms in total. The van der Waals surface area contributed by atoms with Gasteiger partial charge < -0.3 is 13.9 Å². The predicted molar refractivity (Wildman–Crippen MR) is 77.4 cm³/mol. The Labute approximate surface area is 126 Å². The van der Waals surface area contributed by atoms with E-state index in [9.17, 15) is 9.59 Å². The maximum absolute atomic E-state index is 11.9. The Bertz CT molecular complexity index is 784. The number of carbonyl (C=O) groups is 1. The predicted octanol–water partition coefficient (Wildman–Crippen LogP) is 1.90. The molecule has 0 saturated carbocycles. The van der Waals surface area contributed by atoms with Crippen molar-refractivity contribution < 1.29 is 18.7 Å². The molecule has 0 atom stereocenters. The highest BCUT2D eigenvalue weighted by Gasteiger charge is 2.16. The zero-order chi connectivity index (χ0) is 16.1. The summed E-state index contributed by atoms with van der Waals surface area (Å²) in [6, 6.07) is 10.1. The van der Waals surface area contributed by atoms with E-state index in [1.165, 1.54) is 13.2 Å². The molecule has 0 fully saturated rings. The number of benzene rings is 1. The van der Waals surface area contributed by atoms with Gasteiger partial charge in [0.2, 0.25) is 0 Å². The fraction of sp³-hybridized carbons (Fsp3) is 0.188. The van der Waals surface area contributed by atoms with Gasteiger partial charge in [0.15, 0.2) is 0 Å². The molecule has 112 valence electrons. The number of hydrogen-bond acceptors (Lipinski definition) is 6. The quantitative estimate of drug-likeness (QED) is 0.801. The van der Waals surface area contributed by atoms with Gasteiger partial charge in [0.1, 0.15) is 23.1 Å². The average molecular weight is 299 g/mol. The zero-order valence-corrected chi connectivity index (χ0v) is 12.1. The van der Waals surface area contributed by atoms with Crippen molar-refractivity contribution in [1.82, 2.24) is 0 Å². The summed E-state index contributed by atoms with van der Waals surface area (Å²) in [4.78, 5) is 23.3. The third kappa shape index (κ3) is 3.15. The van der Waals surface area contributed by atoms with Crippen molar-refractivity contribution in [1.29, 1.82) is 5.26 Å². The summed E-state index contributed by atoms with van der Waals surface area (Å²) >= 11 is 0. The third-order valence-corrected chi connectivity index (χ3v) is 3.08. The van der Waals surface area contributed by atoms with Crippen LogP contribution >= 0.6 is 0 Å². The van der Waals surface area contributed by atoms with Crippen LogP contribution in [-0.4, -0.2) is 20.2 Å². The van der Waals surface area contributed by atoms with Gasteiger partial charge in [0.05, 0.1) is 20.6 Å². The lowest BCUT2D eigenvalue weighted by Gasteiger charge is -2.06. The number of methoxy groups -OCH3 is 2. The van der Waals surface area contributed by atoms with E-state index < -0.39 is 11.6 Å². The molecular formula is C16H13NO5. The number of nitriles is 1. The molecule has 0 aliphatic heterocycles. The first-order valence-corrected chi connectivity index (χ1v) is 6.37. The minimum absolute atomic E-state index is 0.172. The Kier molecular flexibility index (Phi) is 4.59. The highest BCUT2D eigenvalue weighted by atomic mass is 16.5. The van der Waals surface area contributed by atoms with Crippen LogP contribution in [0.3, 0.4) is 0 Å². The first-order chi connectivity index (χ1) is 10.6. The molecule has 0 N–H and O–H groups in total. The van der Waals surface area contributed by atoms with E-state index in [2.05, 4.69) is 4.74 Å². The highest BCUT2D eigenvalue weighted by Crippen LogP contribution is 2.23. The Morgan fingerprint density at radius 2 is 1.95 bits per heavy atom. The second-order valence-electron chi connectivity index (χ2n) is 4.39. The maximum atomic E-state index is 11.9. The molecule has 1 aromatic heterocycles. The van der Waals surface area contributed by atoms with E-state index in [0.29, 0.717) is 11.3 Å². The van der Waals surface area contributed by atoms with Crippen LogP contribution in [0.4, 0.5) is 0 Å². The SMILES string of the molecule is COC(=O)Cc1cc(-c2ccc(OC)cc2)oc(=O)c1C#N. The summed E-state index contributed by atoms with van der Waals surface area (Å²) in [5.41, 5.74) is -0.0673. The van der Waals surface area contributed by atoms with Crippen LogP contribution in [-0.2, 0) is 16.0 Å². The van der Waals surface area contributed by atoms with E-state index in [-0.39, 0.29) is 23.3 Å². The molecule has 1 heterocycles. The van der Waals surface area contributed by atoms with Crippen molar-refractivity contribution in [2.75, 3.05) is 14.2 Å². The molecular weight excluding hydrogens is 286 g/mol. The second-order valence-corrected chi connectivity index (χ2v) is 4.39. The Hall–Kier alpha value is -3.07. The van der Waals surface area contributed by atoms with Crippen LogP contribution < -0.4 is 10.4 Å². The number of carbonyl (C=O) groups excluding carboxylic acids is 1. The summed E-state index contributed by atoms with van der Waals surface area (Å²) < 4.78 is 14.8. The topological polar surface area (TPSA) is 89.5 Å². The van der Waals surface area contributed by atoms with Crippen LogP contribution in [0.5, 0.6) is 5.75 Å². The normalized spacial score (nSPS) is 9.86. The van der Waals surface area contributed by atoms with Crippen LogP contribution in [0, 0.1) is 11.3 Å². The largest absolute Gasteiger partial charge is 0.497 e. The molecule has 0 saturated heterocycles. The van der Waals surface area contributed by atoms with Crippen LogP contribution in [0.2, 0.25) is 0 Å². The number of ether oxygens (including phenoxy) is 2. The monoisotopic (exact) mass is 299 g/mol. The Balaban J connectivity index is 2.51. The third-order valence-electron chi connectivity index (χ3n) is 3.08. The number of nitrogens with zero attached hydrogens (tertiary/aromatic N) is 1. The summed E-state index contributed by atoms with van der Waals surface area (Å²) in [6.45, 7) is 0. The second kappa shape index (κ2) is 6.59. The fourth-order valence-electron chi connectivity index (χ4n) is 1.92. The van der Waals surface area contributed by atoms with E-state index in [1.54, 1.807) is 37.4 Å². The average Bonchev–Trinajstić information content (AvgIpc) is 2.54. The van der Waals surface area contributed by atoms with E-state index in [1.807, 2.05) is 0 Å². The minimum Gasteiger partial charge on any atom is -0.497 e. The molecule has 6 heteroatoms. The van der Waals surface area contributed by atoms with Crippen LogP contribution in [0.1, 0.15) is 11.1 Å². The van der Waals surface area contributed by atoms with Crippen LogP contribution in [0.25, 0.3) is 11.3 Å². The summed E-state index contributed by atoms with van der Waals surface area (Å²) in [6.07, 6.45) is -0.172. The smallest absolute Gasteiger partial charge is 0.354 e. The molecule has 2 rings (SSSR count). The van der Waals surface area contributed by atoms with E-state index in [4.69, 9.17) is 14.4 Å². The molecule has 0 bridgehead atoms. The lowest BCUT2D eigenvalue weighted by atomic mass is 10.0. The van der Waals surface area contributed by atoms with Gasteiger partial charge in [0, 0.05) is 5.56 Å². The van der Waals surface area contributed by atoms with Crippen molar-refractivity contribution in [3.8, 4) is 23.1 Å². The van der Waals surface area contributed by atoms with Gasteiger partial charge in [-0.15, -0.1) is 0 Å². The number of rotatable bonds is 4. The van der Waals surface area contributed by atoms with Gasteiger partial charge >= 0.3 is 11.6 Å². The van der Waals surface area contributed by atoms with E-state index >= 15 is 0 Å². The van der Waals surface area contributed by atoms with Gasteiger partial charge in [-0.3, -0.25) is 4.79 Å². The van der Waals surface area contributed by atoms with Crippen molar-refractivity contribution in [3.05, 3.63) is 51.9 Å². The molecule has 2 aromatic rings. The molecule has 0 unspecified atom stereocenters. The molecule has 22 heavy (non-hydrogen) atoms. The fourth-order valence-corrected chi connectivity index (χ4v) is 1.92. The molecule has 0 aliphatic carbocycles. The molecule has 0 aliphatic rings. The zero-order valence-electron chi connectivity index (χ0n) is 12.1. The first-order valence-electron chi connectivity index (χ1n) is 6.37. The summed E-state index contributed by atoms with van der Waals surface area (Å²) in [7, 11) is 2.79. The Morgan fingerprint density at radius 1 is 1.27 bits per heavy atom. The van der Waals surface area contributed by atoms with Gasteiger partial charge in [-0.1, -0.05) is 0 Å². The van der Waals surface area contributed by atoms with Crippen molar-refractivity contribution >= 4 is 5.97 Å². The first kappa shape index (κ1) is 15.3. The van der Waals surface area contributed by atoms with Gasteiger partial charge in [-0.05, 0) is 35.9 Å². The number of hydrogen-bond donors (Lipinski definition) is 0. The van der Waals surface area contributed by atoms with Gasteiger partial charge in [-0.25, -0.2) is 4.79 Å². The summed E-state index contributed by atoms with van der Waals surface area (Å²) in [5.74, 6) is 0.392. The van der Waals surface area contributed by atoms with Crippen molar-refractivity contribution in [2.24, 2.45) is 0 Å². The highest BCUT2D eigenvalue weighted by molar-refractivity contribution is 5.74. The molecule has 0 spiro atoms. The standard InChI is InChI=1S/C16H13NO5/c1-20-12-5-3-10(4-6-12)14-7-11(8-15(18)21-2)13(9-17)16(19)22-14/h3-7H,8H2,1-2H3.